The molecule has 1 aromatic carbocycles. The van der Waals surface area contributed by atoms with E-state index in [2.05, 4.69) is 33.1 Å². The lowest BCUT2D eigenvalue weighted by atomic mass is 10.2. The molecule has 0 aliphatic rings. The van der Waals surface area contributed by atoms with Gasteiger partial charge in [-0.3, -0.25) is 14.9 Å². The van der Waals surface area contributed by atoms with Crippen LogP contribution in [-0.2, 0) is 0 Å². The lowest BCUT2D eigenvalue weighted by molar-refractivity contribution is -0.402. The summed E-state index contributed by atoms with van der Waals surface area (Å²) in [5, 5.41) is 14.1. The predicted octanol–water partition coefficient (Wildman–Crippen LogP) is 2.56. The Labute approximate surface area is 127 Å². The maximum atomic E-state index is 11.7. The summed E-state index contributed by atoms with van der Waals surface area (Å²) in [5.74, 6) is -0.573. The van der Waals surface area contributed by atoms with E-state index in [1.165, 1.54) is 18.3 Å². The Kier molecular flexibility index (Phi) is 4.45. The lowest BCUT2D eigenvalue weighted by Crippen LogP contribution is -2.17. The van der Waals surface area contributed by atoms with E-state index in [4.69, 9.17) is 4.42 Å². The summed E-state index contributed by atoms with van der Waals surface area (Å²) in [6.45, 7) is 0. The summed E-state index contributed by atoms with van der Waals surface area (Å²) in [6.07, 6.45) is 1.19. The number of carbonyl (C=O) groups excluding carboxylic acids is 1. The van der Waals surface area contributed by atoms with Crippen LogP contribution in [0.15, 0.2) is 45.9 Å². The molecule has 0 radical (unpaired) electrons. The largest absolute Gasteiger partial charge is 0.433 e. The molecule has 2 rings (SSSR count). The number of benzene rings is 1. The highest BCUT2D eigenvalue weighted by atomic mass is 127. The summed E-state index contributed by atoms with van der Waals surface area (Å²) < 4.78 is 5.78. The van der Waals surface area contributed by atoms with E-state index < -0.39 is 4.92 Å². The SMILES string of the molecule is O=C(NN=Cc1ccc([N+](=O)[O-])o1)c1cccc(I)c1. The van der Waals surface area contributed by atoms with Crippen molar-refractivity contribution >= 4 is 40.6 Å². The van der Waals surface area contributed by atoms with E-state index in [-0.39, 0.29) is 17.6 Å². The summed E-state index contributed by atoms with van der Waals surface area (Å²) in [6, 6.07) is 9.59. The molecule has 0 aliphatic heterocycles. The molecule has 0 atom stereocenters. The zero-order chi connectivity index (χ0) is 14.5. The van der Waals surface area contributed by atoms with Gasteiger partial charge in [0.15, 0.2) is 5.76 Å². The van der Waals surface area contributed by atoms with Gasteiger partial charge >= 0.3 is 5.88 Å². The fourth-order valence-electron chi connectivity index (χ4n) is 1.36. The van der Waals surface area contributed by atoms with E-state index in [9.17, 15) is 14.9 Å². The minimum atomic E-state index is -0.651. The third-order valence-electron chi connectivity index (χ3n) is 2.24. The van der Waals surface area contributed by atoms with Crippen molar-refractivity contribution in [1.82, 2.24) is 5.43 Å². The van der Waals surface area contributed by atoms with Gasteiger partial charge in [0.25, 0.3) is 5.91 Å². The van der Waals surface area contributed by atoms with Crippen molar-refractivity contribution in [2.24, 2.45) is 5.10 Å². The minimum absolute atomic E-state index is 0.180. The summed E-state index contributed by atoms with van der Waals surface area (Å²) in [7, 11) is 0. The molecular formula is C12H8IN3O4. The first kappa shape index (κ1) is 14.2. The molecule has 0 bridgehead atoms. The normalized spacial score (nSPS) is 10.7. The second kappa shape index (κ2) is 6.28. The Morgan fingerprint density at radius 3 is 2.85 bits per heavy atom. The highest BCUT2D eigenvalue weighted by Gasteiger charge is 2.10. The Hall–Kier alpha value is -2.23. The van der Waals surface area contributed by atoms with Gasteiger partial charge in [0.05, 0.1) is 12.3 Å². The van der Waals surface area contributed by atoms with Crippen molar-refractivity contribution in [3.8, 4) is 0 Å². The fraction of sp³-hybridized carbons (Fsp3) is 0. The second-order valence-electron chi connectivity index (χ2n) is 3.64. The van der Waals surface area contributed by atoms with Gasteiger partial charge in [0.1, 0.15) is 4.92 Å². The van der Waals surface area contributed by atoms with Gasteiger partial charge in [-0.2, -0.15) is 5.10 Å². The van der Waals surface area contributed by atoms with Crippen LogP contribution in [-0.4, -0.2) is 17.0 Å². The first-order valence-electron chi connectivity index (χ1n) is 5.39. The van der Waals surface area contributed by atoms with Crippen LogP contribution in [0.5, 0.6) is 0 Å². The molecule has 8 heteroatoms. The van der Waals surface area contributed by atoms with E-state index in [0.29, 0.717) is 5.56 Å². The molecule has 1 N–H and O–H groups in total. The molecule has 1 aromatic heterocycles. The van der Waals surface area contributed by atoms with Gasteiger partial charge in [0.2, 0.25) is 0 Å². The van der Waals surface area contributed by atoms with Crippen LogP contribution in [0.25, 0.3) is 0 Å². The van der Waals surface area contributed by atoms with Gasteiger partial charge in [-0.15, -0.1) is 0 Å². The number of furan rings is 1. The van der Waals surface area contributed by atoms with Gasteiger partial charge < -0.3 is 4.42 Å². The van der Waals surface area contributed by atoms with Crippen LogP contribution in [0.4, 0.5) is 5.88 Å². The Bertz CT molecular complexity index is 681. The molecule has 1 amide bonds. The molecule has 102 valence electrons. The quantitative estimate of drug-likeness (QED) is 0.379. The topological polar surface area (TPSA) is 97.7 Å². The van der Waals surface area contributed by atoms with E-state index in [0.717, 1.165) is 3.57 Å². The van der Waals surface area contributed by atoms with Crippen molar-refractivity contribution in [1.29, 1.82) is 0 Å². The molecular weight excluding hydrogens is 377 g/mol. The fourth-order valence-corrected chi connectivity index (χ4v) is 1.90. The van der Waals surface area contributed by atoms with Crippen molar-refractivity contribution < 1.29 is 14.1 Å². The molecule has 0 spiro atoms. The molecule has 0 saturated carbocycles. The Balaban J connectivity index is 1.99. The van der Waals surface area contributed by atoms with Crippen molar-refractivity contribution in [2.75, 3.05) is 0 Å². The summed E-state index contributed by atoms with van der Waals surface area (Å²) in [5.41, 5.74) is 2.78. The zero-order valence-corrected chi connectivity index (χ0v) is 12.1. The molecule has 0 saturated heterocycles. The van der Waals surface area contributed by atoms with Crippen LogP contribution in [0.3, 0.4) is 0 Å². The van der Waals surface area contributed by atoms with Crippen LogP contribution in [0.2, 0.25) is 0 Å². The Morgan fingerprint density at radius 1 is 1.40 bits per heavy atom. The van der Waals surface area contributed by atoms with Gasteiger partial charge in [-0.05, 0) is 46.9 Å². The minimum Gasteiger partial charge on any atom is -0.400 e. The summed E-state index contributed by atoms with van der Waals surface area (Å²) in [4.78, 5) is 21.5. The first-order valence-corrected chi connectivity index (χ1v) is 6.47. The molecule has 1 heterocycles. The zero-order valence-electron chi connectivity index (χ0n) is 9.95. The standard InChI is InChI=1S/C12H8IN3O4/c13-9-3-1-2-8(6-9)12(17)15-14-7-10-4-5-11(20-10)16(18)19/h1-7H,(H,15,17). The molecule has 0 unspecified atom stereocenters. The average molecular weight is 385 g/mol. The van der Waals surface area contributed by atoms with Crippen molar-refractivity contribution in [3.63, 3.8) is 0 Å². The smallest absolute Gasteiger partial charge is 0.400 e. The number of hydrogen-bond acceptors (Lipinski definition) is 5. The summed E-state index contributed by atoms with van der Waals surface area (Å²) >= 11 is 2.10. The maximum Gasteiger partial charge on any atom is 0.433 e. The lowest BCUT2D eigenvalue weighted by Gasteiger charge is -1.99. The monoisotopic (exact) mass is 385 g/mol. The van der Waals surface area contributed by atoms with Gasteiger partial charge in [-0.1, -0.05) is 6.07 Å². The van der Waals surface area contributed by atoms with E-state index in [1.807, 2.05) is 6.07 Å². The number of halogens is 1. The van der Waals surface area contributed by atoms with Crippen molar-refractivity contribution in [2.45, 2.75) is 0 Å². The maximum absolute atomic E-state index is 11.7. The highest BCUT2D eigenvalue weighted by molar-refractivity contribution is 14.1. The molecule has 7 nitrogen and oxygen atoms in total. The van der Waals surface area contributed by atoms with Crippen molar-refractivity contribution in [3.05, 3.63) is 61.4 Å². The number of nitrogens with one attached hydrogen (secondary N) is 1. The number of hydrogen-bond donors (Lipinski definition) is 1. The van der Waals surface area contributed by atoms with E-state index in [1.54, 1.807) is 18.2 Å². The van der Waals surface area contributed by atoms with Crippen LogP contribution < -0.4 is 5.43 Å². The Morgan fingerprint density at radius 2 is 2.20 bits per heavy atom. The number of amides is 1. The third kappa shape index (κ3) is 3.63. The number of nitro groups is 1. The van der Waals surface area contributed by atoms with Crippen LogP contribution >= 0.6 is 22.6 Å². The van der Waals surface area contributed by atoms with Crippen LogP contribution in [0, 0.1) is 13.7 Å². The molecule has 0 fully saturated rings. The average Bonchev–Trinajstić information content (AvgIpc) is 2.87. The number of nitrogens with zero attached hydrogens (tertiary/aromatic N) is 2. The number of hydrazone groups is 1. The first-order chi connectivity index (χ1) is 9.56. The van der Waals surface area contributed by atoms with Gasteiger partial charge in [0, 0.05) is 9.13 Å². The number of carbonyl (C=O) groups is 1. The predicted molar refractivity (Wildman–Crippen MR) is 79.6 cm³/mol. The highest BCUT2D eigenvalue weighted by Crippen LogP contribution is 2.13. The van der Waals surface area contributed by atoms with Crippen LogP contribution in [0.1, 0.15) is 16.1 Å². The second-order valence-corrected chi connectivity index (χ2v) is 4.89. The molecule has 20 heavy (non-hydrogen) atoms. The van der Waals surface area contributed by atoms with E-state index >= 15 is 0 Å². The molecule has 0 aliphatic carbocycles. The molecule has 2 aromatic rings. The number of rotatable bonds is 4. The third-order valence-corrected chi connectivity index (χ3v) is 2.91. The van der Waals surface area contributed by atoms with Gasteiger partial charge in [-0.25, -0.2) is 5.43 Å².